The molecule has 3 aromatic rings. The Labute approximate surface area is 227 Å². The van der Waals surface area contributed by atoms with E-state index in [0.29, 0.717) is 31.3 Å². The van der Waals surface area contributed by atoms with Crippen molar-refractivity contribution in [3.8, 4) is 11.3 Å². The highest BCUT2D eigenvalue weighted by molar-refractivity contribution is 6.19. The second-order valence-corrected chi connectivity index (χ2v) is 11.7. The molecule has 9 nitrogen and oxygen atoms in total. The van der Waals surface area contributed by atoms with Crippen LogP contribution in [0.1, 0.15) is 48.4 Å². The molecule has 2 aromatic heterocycles. The van der Waals surface area contributed by atoms with E-state index in [2.05, 4.69) is 40.9 Å². The highest BCUT2D eigenvalue weighted by Gasteiger charge is 2.52. The Balaban J connectivity index is 1.21. The van der Waals surface area contributed by atoms with Gasteiger partial charge in [0, 0.05) is 49.3 Å². The first-order valence-corrected chi connectivity index (χ1v) is 13.6. The van der Waals surface area contributed by atoms with Crippen LogP contribution in [0.4, 0.5) is 8.78 Å². The van der Waals surface area contributed by atoms with Crippen LogP contribution in [0.3, 0.4) is 0 Å². The predicted molar refractivity (Wildman–Crippen MR) is 136 cm³/mol. The Morgan fingerprint density at radius 3 is 2.56 bits per heavy atom. The summed E-state index contributed by atoms with van der Waals surface area (Å²) in [4.78, 5) is 38.0. The first kappa shape index (κ1) is 25.7. The largest absolute Gasteiger partial charge is 0.355 e. The molecule has 1 aromatic carbocycles. The molecule has 0 bridgehead atoms. The zero-order valence-corrected chi connectivity index (χ0v) is 22.1. The van der Waals surface area contributed by atoms with E-state index >= 15 is 0 Å². The number of nitrogens with zero attached hydrogens (tertiary/aromatic N) is 4. The van der Waals surface area contributed by atoms with Crippen LogP contribution >= 0.6 is 0 Å². The smallest absolute Gasteiger partial charge is 0.273 e. The van der Waals surface area contributed by atoms with Crippen LogP contribution in [0.25, 0.3) is 11.3 Å². The van der Waals surface area contributed by atoms with Crippen molar-refractivity contribution in [1.29, 1.82) is 0 Å². The summed E-state index contributed by atoms with van der Waals surface area (Å²) in [5, 5.41) is 8.85. The number of hydrogen-bond acceptors (Lipinski definition) is 7. The van der Waals surface area contributed by atoms with Gasteiger partial charge in [-0.2, -0.15) is 0 Å². The third kappa shape index (κ3) is 5.35. The molecule has 0 unspecified atom stereocenters. The lowest BCUT2D eigenvalue weighted by Gasteiger charge is -2.45. The molecule has 0 spiro atoms. The lowest BCUT2D eigenvalue weighted by atomic mass is 9.89. The van der Waals surface area contributed by atoms with E-state index in [9.17, 15) is 18.4 Å². The number of carbonyl (C=O) groups excluding carboxylic acids is 2. The summed E-state index contributed by atoms with van der Waals surface area (Å²) >= 11 is 0. The Kier molecular flexibility index (Phi) is 6.54. The number of rotatable bonds is 8. The minimum Gasteiger partial charge on any atom is -0.355 e. The van der Waals surface area contributed by atoms with Crippen LogP contribution in [0, 0.1) is 23.5 Å². The molecular formula is C27H27F2N6O3Si. The summed E-state index contributed by atoms with van der Waals surface area (Å²) in [5.41, 5.74) is -0.698. The minimum atomic E-state index is -1.06. The molecule has 3 aliphatic rings. The zero-order valence-electron chi connectivity index (χ0n) is 21.1. The predicted octanol–water partition coefficient (Wildman–Crippen LogP) is 2.54. The fourth-order valence-corrected chi connectivity index (χ4v) is 5.61. The molecule has 6 rings (SSSR count). The Morgan fingerprint density at radius 2 is 1.87 bits per heavy atom. The summed E-state index contributed by atoms with van der Waals surface area (Å²) in [7, 11) is 3.78. The van der Waals surface area contributed by atoms with Gasteiger partial charge in [-0.25, -0.2) is 18.7 Å². The Bertz CT molecular complexity index is 1400. The maximum atomic E-state index is 14.2. The fraction of sp³-hybridized carbons (Fsp3) is 0.444. The molecule has 2 aliphatic carbocycles. The third-order valence-electron chi connectivity index (χ3n) is 7.77. The number of nitrogens with one attached hydrogen (secondary N) is 2. The van der Waals surface area contributed by atoms with Crippen molar-refractivity contribution in [2.45, 2.75) is 42.8 Å². The van der Waals surface area contributed by atoms with Crippen molar-refractivity contribution < 1.29 is 22.9 Å². The number of aromatic nitrogens is 3. The van der Waals surface area contributed by atoms with E-state index in [1.54, 1.807) is 18.5 Å². The Morgan fingerprint density at radius 1 is 1.10 bits per heavy atom. The molecule has 2 amide bonds. The lowest BCUT2D eigenvalue weighted by Crippen LogP contribution is -2.66. The molecule has 1 saturated heterocycles. The topological polar surface area (TPSA) is 113 Å². The second kappa shape index (κ2) is 9.90. The average Bonchev–Trinajstić information content (AvgIpc) is 3.84. The standard InChI is InChI=1S/C27H27F2N6O3Si/c28-17-4-5-18(20(29)12-17)22-13-21(34-38-22)24(37)33-27(39)8-11-35(14-16-2-3-16)15-19(27)23(36)32-26(6-7-26)25-30-9-1-10-31-25/h1,4-5,9-10,12-13,16,19H,2-3,6-8,11,14-15H2,(H,32,36)(H,33,37)/t19-,27-/m1/s1. The molecule has 2 N–H and O–H groups in total. The van der Waals surface area contributed by atoms with Crippen LogP contribution in [-0.2, 0) is 10.3 Å². The van der Waals surface area contributed by atoms with Crippen molar-refractivity contribution in [2.75, 3.05) is 19.6 Å². The lowest BCUT2D eigenvalue weighted by molar-refractivity contribution is -0.129. The first-order chi connectivity index (χ1) is 18.7. The molecule has 12 heteroatoms. The van der Waals surface area contributed by atoms with Crippen molar-refractivity contribution in [2.24, 2.45) is 11.8 Å². The van der Waals surface area contributed by atoms with E-state index in [4.69, 9.17) is 4.52 Å². The van der Waals surface area contributed by atoms with E-state index in [1.807, 2.05) is 0 Å². The van der Waals surface area contributed by atoms with Gasteiger partial charge in [0.2, 0.25) is 5.91 Å². The molecular weight excluding hydrogens is 522 g/mol. The number of carbonyl (C=O) groups is 2. The van der Waals surface area contributed by atoms with E-state index in [1.165, 1.54) is 25.0 Å². The van der Waals surface area contributed by atoms with Gasteiger partial charge in [-0.05, 0) is 56.2 Å². The fourth-order valence-electron chi connectivity index (χ4n) is 5.17. The number of amides is 2. The van der Waals surface area contributed by atoms with Gasteiger partial charge >= 0.3 is 0 Å². The van der Waals surface area contributed by atoms with Crippen molar-refractivity contribution >= 4 is 22.1 Å². The molecule has 1 aliphatic heterocycles. The minimum absolute atomic E-state index is 0.00672. The third-order valence-corrected chi connectivity index (χ3v) is 8.49. The zero-order chi connectivity index (χ0) is 27.2. The SMILES string of the molecule is O=C(N[C@@]1([Si])CCN(CC2CC2)C[C@@H]1C(=O)NC1(c2ncccn2)CC1)c1cc(-c2ccc(F)cc2F)on1. The highest BCUT2D eigenvalue weighted by atomic mass is 28.1. The van der Waals surface area contributed by atoms with Gasteiger partial charge in [0.1, 0.15) is 11.6 Å². The number of benzene rings is 1. The van der Waals surface area contributed by atoms with Crippen molar-refractivity contribution in [1.82, 2.24) is 30.7 Å². The van der Waals surface area contributed by atoms with E-state index in [-0.39, 0.29) is 22.9 Å². The summed E-state index contributed by atoms with van der Waals surface area (Å²) in [6.07, 6.45) is 7.67. The van der Waals surface area contributed by atoms with Crippen LogP contribution in [0.2, 0.25) is 0 Å². The number of halogens is 2. The summed E-state index contributed by atoms with van der Waals surface area (Å²) in [5.74, 6) is -1.73. The first-order valence-electron chi connectivity index (χ1n) is 13.1. The number of likely N-dealkylation sites (tertiary alicyclic amines) is 1. The van der Waals surface area contributed by atoms with Gasteiger partial charge in [0.05, 0.1) is 27.3 Å². The maximum absolute atomic E-state index is 14.2. The molecule has 2 saturated carbocycles. The summed E-state index contributed by atoms with van der Waals surface area (Å²) in [6.45, 7) is 2.08. The van der Waals surface area contributed by atoms with E-state index in [0.717, 1.165) is 31.5 Å². The van der Waals surface area contributed by atoms with E-state index < -0.39 is 34.2 Å². The number of hydrogen-bond donors (Lipinski definition) is 2. The van der Waals surface area contributed by atoms with Crippen LogP contribution in [-0.4, -0.2) is 66.9 Å². The van der Waals surface area contributed by atoms with Gasteiger partial charge in [-0.3, -0.25) is 9.59 Å². The maximum Gasteiger partial charge on any atom is 0.273 e. The van der Waals surface area contributed by atoms with Crippen LogP contribution in [0.15, 0.2) is 47.2 Å². The Hall–Kier alpha value is -3.51. The van der Waals surface area contributed by atoms with Crippen molar-refractivity contribution in [3.63, 3.8) is 0 Å². The molecule has 2 atom stereocenters. The summed E-state index contributed by atoms with van der Waals surface area (Å²) < 4.78 is 32.7. The highest BCUT2D eigenvalue weighted by Crippen LogP contribution is 2.44. The molecule has 201 valence electrons. The van der Waals surface area contributed by atoms with Gasteiger partial charge in [-0.1, -0.05) is 5.16 Å². The second-order valence-electron chi connectivity index (χ2n) is 10.8. The van der Waals surface area contributed by atoms with Crippen molar-refractivity contribution in [3.05, 3.63) is 65.9 Å². The quantitative estimate of drug-likeness (QED) is 0.415. The monoisotopic (exact) mass is 549 g/mol. The van der Waals surface area contributed by atoms with Gasteiger partial charge in [-0.15, -0.1) is 0 Å². The molecule has 3 fully saturated rings. The van der Waals surface area contributed by atoms with Gasteiger partial charge in [0.15, 0.2) is 17.3 Å². The molecule has 3 heterocycles. The summed E-state index contributed by atoms with van der Waals surface area (Å²) in [6, 6.07) is 6.08. The normalized spacial score (nSPS) is 24.2. The van der Waals surface area contributed by atoms with Gasteiger partial charge < -0.3 is 20.1 Å². The number of piperidine rings is 1. The molecule has 39 heavy (non-hydrogen) atoms. The average molecular weight is 550 g/mol. The van der Waals surface area contributed by atoms with Gasteiger partial charge in [0.25, 0.3) is 5.91 Å². The molecule has 3 radical (unpaired) electrons. The van der Waals surface area contributed by atoms with Crippen LogP contribution < -0.4 is 10.6 Å². The van der Waals surface area contributed by atoms with Crippen LogP contribution in [0.5, 0.6) is 0 Å².